The van der Waals surface area contributed by atoms with Gasteiger partial charge in [-0.3, -0.25) is 0 Å². The number of rotatable bonds is 5. The maximum absolute atomic E-state index is 6.14. The molecule has 2 rings (SSSR count). The molecule has 3 nitrogen and oxygen atoms in total. The number of thiazole rings is 1. The Kier molecular flexibility index (Phi) is 5.02. The van der Waals surface area contributed by atoms with Crippen molar-refractivity contribution < 1.29 is 4.74 Å². The van der Waals surface area contributed by atoms with E-state index >= 15 is 0 Å². The third-order valence-corrected chi connectivity index (χ3v) is 4.55. The zero-order chi connectivity index (χ0) is 14.7. The Hall–Kier alpha value is -1.10. The molecule has 0 saturated heterocycles. The minimum absolute atomic E-state index is 0.0116. The molecule has 0 saturated carbocycles. The standard InChI is InChI=1S/C15H19ClN2OS/c1-9-6-12(7-10(2)15(9)16)19-5-4-14-18-13(8-20-14)11(3)17/h6-8,11H,4-5,17H2,1-3H3. The molecule has 0 fully saturated rings. The number of aromatic nitrogens is 1. The molecule has 2 N–H and O–H groups in total. The van der Waals surface area contributed by atoms with Crippen LogP contribution in [-0.2, 0) is 6.42 Å². The molecule has 2 aromatic rings. The number of hydrogen-bond donors (Lipinski definition) is 1. The summed E-state index contributed by atoms with van der Waals surface area (Å²) < 4.78 is 5.77. The van der Waals surface area contributed by atoms with E-state index in [1.165, 1.54) is 0 Å². The van der Waals surface area contributed by atoms with Gasteiger partial charge in [0.1, 0.15) is 5.75 Å². The Balaban J connectivity index is 1.92. The molecule has 1 heterocycles. The summed E-state index contributed by atoms with van der Waals surface area (Å²) in [7, 11) is 0. The van der Waals surface area contributed by atoms with E-state index in [0.717, 1.165) is 39.0 Å². The van der Waals surface area contributed by atoms with Crippen molar-refractivity contribution in [1.82, 2.24) is 4.98 Å². The highest BCUT2D eigenvalue weighted by atomic mass is 35.5. The third kappa shape index (κ3) is 3.72. The lowest BCUT2D eigenvalue weighted by molar-refractivity contribution is 0.321. The van der Waals surface area contributed by atoms with Crippen LogP contribution in [0.3, 0.4) is 0 Å². The summed E-state index contributed by atoms with van der Waals surface area (Å²) in [5.41, 5.74) is 8.82. The Bertz CT molecular complexity index is 572. The summed E-state index contributed by atoms with van der Waals surface area (Å²) in [6.45, 7) is 6.51. The van der Waals surface area contributed by atoms with Crippen molar-refractivity contribution in [2.24, 2.45) is 5.73 Å². The number of aryl methyl sites for hydroxylation is 2. The molecule has 0 radical (unpaired) electrons. The van der Waals surface area contributed by atoms with Crippen molar-refractivity contribution >= 4 is 22.9 Å². The van der Waals surface area contributed by atoms with E-state index in [1.54, 1.807) is 11.3 Å². The van der Waals surface area contributed by atoms with Crippen LogP contribution in [-0.4, -0.2) is 11.6 Å². The predicted octanol–water partition coefficient (Wildman–Crippen LogP) is 4.05. The predicted molar refractivity (Wildman–Crippen MR) is 84.8 cm³/mol. The average molecular weight is 311 g/mol. The molecular formula is C15H19ClN2OS. The number of nitrogens with two attached hydrogens (primary N) is 1. The lowest BCUT2D eigenvalue weighted by Gasteiger charge is -2.09. The number of nitrogens with zero attached hydrogens (tertiary/aromatic N) is 1. The molecule has 1 atom stereocenters. The van der Waals surface area contributed by atoms with E-state index in [4.69, 9.17) is 22.1 Å². The summed E-state index contributed by atoms with van der Waals surface area (Å²) in [6, 6.07) is 3.91. The quantitative estimate of drug-likeness (QED) is 0.906. The van der Waals surface area contributed by atoms with Gasteiger partial charge in [-0.25, -0.2) is 4.98 Å². The van der Waals surface area contributed by atoms with Gasteiger partial charge in [0.15, 0.2) is 0 Å². The molecule has 0 amide bonds. The second-order valence-electron chi connectivity index (χ2n) is 4.92. The lowest BCUT2D eigenvalue weighted by atomic mass is 10.1. The molecule has 1 aromatic heterocycles. The normalized spacial score (nSPS) is 12.4. The minimum atomic E-state index is -0.0116. The van der Waals surface area contributed by atoms with Gasteiger partial charge < -0.3 is 10.5 Å². The van der Waals surface area contributed by atoms with Crippen LogP contribution in [0.15, 0.2) is 17.5 Å². The first kappa shape index (κ1) is 15.3. The zero-order valence-corrected chi connectivity index (χ0v) is 13.5. The van der Waals surface area contributed by atoms with Crippen molar-refractivity contribution in [2.45, 2.75) is 33.2 Å². The fourth-order valence-corrected chi connectivity index (χ4v) is 2.89. The largest absolute Gasteiger partial charge is 0.493 e. The summed E-state index contributed by atoms with van der Waals surface area (Å²) >= 11 is 7.77. The van der Waals surface area contributed by atoms with Crippen LogP contribution >= 0.6 is 22.9 Å². The molecule has 1 aromatic carbocycles. The second kappa shape index (κ2) is 6.57. The van der Waals surface area contributed by atoms with Crippen LogP contribution in [0.2, 0.25) is 5.02 Å². The summed E-state index contributed by atoms with van der Waals surface area (Å²) in [6.07, 6.45) is 0.790. The fourth-order valence-electron chi connectivity index (χ4n) is 1.89. The van der Waals surface area contributed by atoms with Gasteiger partial charge in [0, 0.05) is 22.9 Å². The Labute approximate surface area is 128 Å². The van der Waals surface area contributed by atoms with Gasteiger partial charge in [0.05, 0.1) is 17.3 Å². The molecule has 1 unspecified atom stereocenters. The Morgan fingerprint density at radius 1 is 1.35 bits per heavy atom. The van der Waals surface area contributed by atoms with Gasteiger partial charge in [-0.15, -0.1) is 11.3 Å². The summed E-state index contributed by atoms with van der Waals surface area (Å²) in [4.78, 5) is 4.48. The van der Waals surface area contributed by atoms with Crippen molar-refractivity contribution in [3.05, 3.63) is 44.4 Å². The van der Waals surface area contributed by atoms with Crippen LogP contribution in [0.5, 0.6) is 5.75 Å². The second-order valence-corrected chi connectivity index (χ2v) is 6.24. The maximum Gasteiger partial charge on any atom is 0.119 e. The van der Waals surface area contributed by atoms with Gasteiger partial charge in [-0.2, -0.15) is 0 Å². The SMILES string of the molecule is Cc1cc(OCCc2nc(C(C)N)cs2)cc(C)c1Cl. The smallest absolute Gasteiger partial charge is 0.119 e. The topological polar surface area (TPSA) is 48.1 Å². The molecule has 5 heteroatoms. The van der Waals surface area contributed by atoms with Crippen LogP contribution in [0.1, 0.15) is 34.8 Å². The van der Waals surface area contributed by atoms with Crippen molar-refractivity contribution in [3.63, 3.8) is 0 Å². The van der Waals surface area contributed by atoms with Gasteiger partial charge >= 0.3 is 0 Å². The van der Waals surface area contributed by atoms with Gasteiger partial charge in [-0.05, 0) is 44.0 Å². The number of hydrogen-bond acceptors (Lipinski definition) is 4. The highest BCUT2D eigenvalue weighted by Gasteiger charge is 2.07. The van der Waals surface area contributed by atoms with E-state index in [1.807, 2.05) is 38.3 Å². The Morgan fingerprint density at radius 2 is 2.00 bits per heavy atom. The van der Waals surface area contributed by atoms with Crippen LogP contribution in [0.25, 0.3) is 0 Å². The Morgan fingerprint density at radius 3 is 2.55 bits per heavy atom. The van der Waals surface area contributed by atoms with Crippen LogP contribution < -0.4 is 10.5 Å². The molecule has 20 heavy (non-hydrogen) atoms. The zero-order valence-electron chi connectivity index (χ0n) is 11.9. The highest BCUT2D eigenvalue weighted by Crippen LogP contribution is 2.26. The monoisotopic (exact) mass is 310 g/mol. The van der Waals surface area contributed by atoms with Gasteiger partial charge in [0.2, 0.25) is 0 Å². The van der Waals surface area contributed by atoms with Crippen molar-refractivity contribution in [1.29, 1.82) is 0 Å². The van der Waals surface area contributed by atoms with E-state index in [9.17, 15) is 0 Å². The lowest BCUT2D eigenvalue weighted by Crippen LogP contribution is -2.06. The molecule has 0 aliphatic rings. The van der Waals surface area contributed by atoms with Crippen LogP contribution in [0, 0.1) is 13.8 Å². The number of ether oxygens (including phenoxy) is 1. The van der Waals surface area contributed by atoms with Crippen molar-refractivity contribution in [2.75, 3.05) is 6.61 Å². The van der Waals surface area contributed by atoms with Crippen molar-refractivity contribution in [3.8, 4) is 5.75 Å². The van der Waals surface area contributed by atoms with Crippen LogP contribution in [0.4, 0.5) is 0 Å². The first-order chi connectivity index (χ1) is 9.47. The first-order valence-corrected chi connectivity index (χ1v) is 7.82. The van der Waals surface area contributed by atoms with E-state index in [2.05, 4.69) is 4.98 Å². The molecule has 0 spiro atoms. The summed E-state index contributed by atoms with van der Waals surface area (Å²) in [5.74, 6) is 0.855. The molecular weight excluding hydrogens is 292 g/mol. The summed E-state index contributed by atoms with van der Waals surface area (Å²) in [5, 5.41) is 3.87. The number of benzene rings is 1. The molecule has 0 aliphatic carbocycles. The average Bonchev–Trinajstić information content (AvgIpc) is 2.85. The van der Waals surface area contributed by atoms with E-state index < -0.39 is 0 Å². The first-order valence-electron chi connectivity index (χ1n) is 6.57. The molecule has 108 valence electrons. The highest BCUT2D eigenvalue weighted by molar-refractivity contribution is 7.09. The number of halogens is 1. The van der Waals surface area contributed by atoms with Gasteiger partial charge in [-0.1, -0.05) is 11.6 Å². The maximum atomic E-state index is 6.14. The van der Waals surface area contributed by atoms with E-state index in [0.29, 0.717) is 6.61 Å². The van der Waals surface area contributed by atoms with Gasteiger partial charge in [0.25, 0.3) is 0 Å². The molecule has 0 aliphatic heterocycles. The third-order valence-electron chi connectivity index (χ3n) is 3.03. The minimum Gasteiger partial charge on any atom is -0.493 e. The molecule has 0 bridgehead atoms. The van der Waals surface area contributed by atoms with E-state index in [-0.39, 0.29) is 6.04 Å². The fraction of sp³-hybridized carbons (Fsp3) is 0.400.